The van der Waals surface area contributed by atoms with E-state index in [1.807, 2.05) is 31.2 Å². The van der Waals surface area contributed by atoms with Gasteiger partial charge in [0.1, 0.15) is 6.61 Å². The first-order valence-corrected chi connectivity index (χ1v) is 5.62. The van der Waals surface area contributed by atoms with Gasteiger partial charge in [-0.05, 0) is 31.2 Å². The molecule has 1 N–H and O–H groups in total. The minimum atomic E-state index is -0.167. The summed E-state index contributed by atoms with van der Waals surface area (Å²) in [4.78, 5) is 8.42. The van der Waals surface area contributed by atoms with E-state index in [2.05, 4.69) is 9.97 Å². The fourth-order valence-electron chi connectivity index (χ4n) is 1.90. The van der Waals surface area contributed by atoms with Crippen LogP contribution in [0.15, 0.2) is 24.3 Å². The minimum absolute atomic E-state index is 0.167. The first kappa shape index (κ1) is 11.0. The van der Waals surface area contributed by atoms with Crippen molar-refractivity contribution >= 4 is 0 Å². The van der Waals surface area contributed by atoms with Gasteiger partial charge in [-0.2, -0.15) is 0 Å². The Hall–Kier alpha value is -2.14. The lowest BCUT2D eigenvalue weighted by molar-refractivity contribution is 0.174. The van der Waals surface area contributed by atoms with Crippen molar-refractivity contribution in [2.45, 2.75) is 13.5 Å². The number of benzene rings is 1. The molecule has 1 aromatic carbocycles. The molecule has 2 aromatic rings. The molecule has 3 rings (SSSR count). The fourth-order valence-corrected chi connectivity index (χ4v) is 1.90. The van der Waals surface area contributed by atoms with E-state index in [0.717, 1.165) is 22.7 Å². The Morgan fingerprint density at radius 1 is 1.17 bits per heavy atom. The summed E-state index contributed by atoms with van der Waals surface area (Å²) in [7, 11) is 0. The van der Waals surface area contributed by atoms with Crippen molar-refractivity contribution in [2.75, 3.05) is 6.79 Å². The minimum Gasteiger partial charge on any atom is -0.454 e. The van der Waals surface area contributed by atoms with Crippen LogP contribution in [0.2, 0.25) is 0 Å². The van der Waals surface area contributed by atoms with Crippen LogP contribution in [-0.2, 0) is 6.61 Å². The average molecular weight is 244 g/mol. The zero-order valence-corrected chi connectivity index (χ0v) is 9.88. The van der Waals surface area contributed by atoms with E-state index in [1.165, 1.54) is 0 Å². The van der Waals surface area contributed by atoms with Gasteiger partial charge < -0.3 is 14.6 Å². The number of aliphatic hydroxyl groups is 1. The van der Waals surface area contributed by atoms with Gasteiger partial charge in [0, 0.05) is 11.3 Å². The Balaban J connectivity index is 2.06. The van der Waals surface area contributed by atoms with Gasteiger partial charge in [-0.15, -0.1) is 0 Å². The highest BCUT2D eigenvalue weighted by atomic mass is 16.7. The SMILES string of the molecule is Cc1cc(-c2ccc3c(c2)OCO3)nc(CO)n1. The Bertz CT molecular complexity index is 599. The van der Waals surface area contributed by atoms with Gasteiger partial charge in [-0.1, -0.05) is 0 Å². The quantitative estimate of drug-likeness (QED) is 0.870. The molecular weight excluding hydrogens is 232 g/mol. The van der Waals surface area contributed by atoms with Gasteiger partial charge in [-0.25, -0.2) is 9.97 Å². The number of rotatable bonds is 2. The zero-order valence-electron chi connectivity index (χ0n) is 9.88. The Labute approximate surface area is 104 Å². The smallest absolute Gasteiger partial charge is 0.231 e. The summed E-state index contributed by atoms with van der Waals surface area (Å²) in [6, 6.07) is 7.52. The predicted molar refractivity (Wildman–Crippen MR) is 64.3 cm³/mol. The molecule has 18 heavy (non-hydrogen) atoms. The number of fused-ring (bicyclic) bond motifs is 1. The molecule has 92 valence electrons. The number of ether oxygens (including phenoxy) is 2. The van der Waals surface area contributed by atoms with Crippen molar-refractivity contribution < 1.29 is 14.6 Å². The largest absolute Gasteiger partial charge is 0.454 e. The number of aromatic nitrogens is 2. The van der Waals surface area contributed by atoms with Crippen molar-refractivity contribution in [3.63, 3.8) is 0 Å². The summed E-state index contributed by atoms with van der Waals surface area (Å²) in [6.07, 6.45) is 0. The Morgan fingerprint density at radius 3 is 2.83 bits per heavy atom. The van der Waals surface area contributed by atoms with Crippen LogP contribution in [0.1, 0.15) is 11.5 Å². The second-order valence-electron chi connectivity index (χ2n) is 4.04. The van der Waals surface area contributed by atoms with Crippen molar-refractivity contribution in [3.8, 4) is 22.8 Å². The van der Waals surface area contributed by atoms with E-state index >= 15 is 0 Å². The number of nitrogens with zero attached hydrogens (tertiary/aromatic N) is 2. The molecule has 1 aliphatic rings. The molecule has 1 aromatic heterocycles. The van der Waals surface area contributed by atoms with Gasteiger partial charge in [0.05, 0.1) is 5.69 Å². The van der Waals surface area contributed by atoms with E-state index < -0.39 is 0 Å². The molecular formula is C13H12N2O3. The molecule has 0 atom stereocenters. The first-order valence-electron chi connectivity index (χ1n) is 5.62. The van der Waals surface area contributed by atoms with E-state index in [9.17, 15) is 0 Å². The summed E-state index contributed by atoms with van der Waals surface area (Å²) in [5, 5.41) is 9.12. The number of aryl methyl sites for hydroxylation is 1. The fraction of sp³-hybridized carbons (Fsp3) is 0.231. The van der Waals surface area contributed by atoms with Crippen molar-refractivity contribution in [3.05, 3.63) is 35.8 Å². The van der Waals surface area contributed by atoms with E-state index in [1.54, 1.807) is 0 Å². The summed E-state index contributed by atoms with van der Waals surface area (Å²) in [5.74, 6) is 1.88. The molecule has 0 bridgehead atoms. The summed E-state index contributed by atoms with van der Waals surface area (Å²) >= 11 is 0. The van der Waals surface area contributed by atoms with Crippen LogP contribution in [0, 0.1) is 6.92 Å². The van der Waals surface area contributed by atoms with Crippen LogP contribution < -0.4 is 9.47 Å². The highest BCUT2D eigenvalue weighted by Gasteiger charge is 2.14. The van der Waals surface area contributed by atoms with Gasteiger partial charge in [0.25, 0.3) is 0 Å². The molecule has 0 saturated carbocycles. The van der Waals surface area contributed by atoms with Crippen LogP contribution in [0.5, 0.6) is 11.5 Å². The number of hydrogen-bond donors (Lipinski definition) is 1. The highest BCUT2D eigenvalue weighted by Crippen LogP contribution is 2.35. The standard InChI is InChI=1S/C13H12N2O3/c1-8-4-10(15-13(6-16)14-8)9-2-3-11-12(5-9)18-7-17-11/h2-5,16H,6-7H2,1H3. The maximum Gasteiger partial charge on any atom is 0.231 e. The molecule has 1 aliphatic heterocycles. The van der Waals surface area contributed by atoms with Crippen LogP contribution in [-0.4, -0.2) is 21.9 Å². The van der Waals surface area contributed by atoms with E-state index in [-0.39, 0.29) is 13.4 Å². The average Bonchev–Trinajstić information content (AvgIpc) is 2.85. The molecule has 0 amide bonds. The second-order valence-corrected chi connectivity index (χ2v) is 4.04. The number of hydrogen-bond acceptors (Lipinski definition) is 5. The zero-order chi connectivity index (χ0) is 12.5. The lowest BCUT2D eigenvalue weighted by Crippen LogP contribution is -1.98. The van der Waals surface area contributed by atoms with Crippen molar-refractivity contribution in [1.82, 2.24) is 9.97 Å². The van der Waals surface area contributed by atoms with Crippen molar-refractivity contribution in [2.24, 2.45) is 0 Å². The summed E-state index contributed by atoms with van der Waals surface area (Å²) < 4.78 is 10.6. The maximum atomic E-state index is 9.12. The third kappa shape index (κ3) is 1.89. The predicted octanol–water partition coefficient (Wildman–Crippen LogP) is 1.67. The normalized spacial score (nSPS) is 12.8. The second kappa shape index (κ2) is 4.27. The number of aliphatic hydroxyl groups excluding tert-OH is 1. The molecule has 0 fully saturated rings. The lowest BCUT2D eigenvalue weighted by Gasteiger charge is -2.05. The Kier molecular flexibility index (Phi) is 2.60. The summed E-state index contributed by atoms with van der Waals surface area (Å²) in [5.41, 5.74) is 2.51. The third-order valence-corrected chi connectivity index (χ3v) is 2.71. The molecule has 5 heteroatoms. The topological polar surface area (TPSA) is 64.5 Å². The lowest BCUT2D eigenvalue weighted by atomic mass is 10.1. The van der Waals surface area contributed by atoms with Crippen LogP contribution in [0.25, 0.3) is 11.3 Å². The maximum absolute atomic E-state index is 9.12. The van der Waals surface area contributed by atoms with Gasteiger partial charge in [-0.3, -0.25) is 0 Å². The van der Waals surface area contributed by atoms with Crippen molar-refractivity contribution in [1.29, 1.82) is 0 Å². The molecule has 0 spiro atoms. The van der Waals surface area contributed by atoms with Crippen LogP contribution in [0.4, 0.5) is 0 Å². The Morgan fingerprint density at radius 2 is 2.00 bits per heavy atom. The van der Waals surface area contributed by atoms with E-state index in [0.29, 0.717) is 11.6 Å². The van der Waals surface area contributed by atoms with Gasteiger partial charge >= 0.3 is 0 Å². The molecule has 0 saturated heterocycles. The molecule has 0 unspecified atom stereocenters. The van der Waals surface area contributed by atoms with Gasteiger partial charge in [0.15, 0.2) is 17.3 Å². The van der Waals surface area contributed by atoms with E-state index in [4.69, 9.17) is 14.6 Å². The first-order chi connectivity index (χ1) is 8.76. The highest BCUT2D eigenvalue weighted by molar-refractivity contribution is 5.64. The molecule has 0 aliphatic carbocycles. The monoisotopic (exact) mass is 244 g/mol. The summed E-state index contributed by atoms with van der Waals surface area (Å²) in [6.45, 7) is 1.96. The van der Waals surface area contributed by atoms with Crippen LogP contribution >= 0.6 is 0 Å². The van der Waals surface area contributed by atoms with Crippen LogP contribution in [0.3, 0.4) is 0 Å². The third-order valence-electron chi connectivity index (χ3n) is 2.71. The molecule has 0 radical (unpaired) electrons. The van der Waals surface area contributed by atoms with Gasteiger partial charge in [0.2, 0.25) is 6.79 Å². The molecule has 5 nitrogen and oxygen atoms in total. The molecule has 2 heterocycles.